The second kappa shape index (κ2) is 5.07. The van der Waals surface area contributed by atoms with Gasteiger partial charge >= 0.3 is 5.97 Å². The molecule has 2 aliphatic carbocycles. The average molecular weight is 239 g/mol. The smallest absolute Gasteiger partial charge is 0.307 e. The predicted molar refractivity (Wildman–Crippen MR) is 63.4 cm³/mol. The number of carboxylic acids is 1. The van der Waals surface area contributed by atoms with E-state index in [1.165, 1.54) is 19.3 Å². The van der Waals surface area contributed by atoms with Gasteiger partial charge in [0.05, 0.1) is 11.8 Å². The van der Waals surface area contributed by atoms with Crippen LogP contribution in [0.1, 0.15) is 45.4 Å². The summed E-state index contributed by atoms with van der Waals surface area (Å²) in [4.78, 5) is 22.4. The molecule has 2 unspecified atom stereocenters. The first-order valence-electron chi connectivity index (χ1n) is 6.65. The van der Waals surface area contributed by atoms with Crippen LogP contribution in [0.15, 0.2) is 0 Å². The maximum atomic E-state index is 11.8. The van der Waals surface area contributed by atoms with E-state index < -0.39 is 11.9 Å². The zero-order chi connectivity index (χ0) is 12.4. The van der Waals surface area contributed by atoms with Gasteiger partial charge in [-0.3, -0.25) is 9.59 Å². The van der Waals surface area contributed by atoms with E-state index >= 15 is 0 Å². The maximum Gasteiger partial charge on any atom is 0.307 e. The Kier molecular flexibility index (Phi) is 3.69. The molecule has 4 heteroatoms. The van der Waals surface area contributed by atoms with Crippen LogP contribution in [0.2, 0.25) is 0 Å². The van der Waals surface area contributed by atoms with E-state index in [0.29, 0.717) is 6.42 Å². The van der Waals surface area contributed by atoms with E-state index in [2.05, 4.69) is 12.2 Å². The van der Waals surface area contributed by atoms with Crippen molar-refractivity contribution in [2.75, 3.05) is 0 Å². The second-order valence-electron chi connectivity index (χ2n) is 5.42. The van der Waals surface area contributed by atoms with Gasteiger partial charge in [-0.05, 0) is 38.0 Å². The lowest BCUT2D eigenvalue weighted by Gasteiger charge is -2.28. The first kappa shape index (κ1) is 12.4. The van der Waals surface area contributed by atoms with E-state index in [-0.39, 0.29) is 17.9 Å². The Balaban J connectivity index is 1.72. The van der Waals surface area contributed by atoms with Crippen molar-refractivity contribution in [2.24, 2.45) is 17.8 Å². The van der Waals surface area contributed by atoms with Crippen LogP contribution in [0, 0.1) is 17.8 Å². The Morgan fingerprint density at radius 3 is 2.29 bits per heavy atom. The molecule has 0 bridgehead atoms. The SMILES string of the molecule is CCC1CCC(NC(=O)C2CC2C(=O)O)CC1. The molecule has 0 aromatic heterocycles. The zero-order valence-electron chi connectivity index (χ0n) is 10.3. The summed E-state index contributed by atoms with van der Waals surface area (Å²) in [6.07, 6.45) is 6.22. The summed E-state index contributed by atoms with van der Waals surface area (Å²) in [7, 11) is 0. The highest BCUT2D eigenvalue weighted by Crippen LogP contribution is 2.39. The monoisotopic (exact) mass is 239 g/mol. The molecular weight excluding hydrogens is 218 g/mol. The van der Waals surface area contributed by atoms with Gasteiger partial charge in [0.25, 0.3) is 0 Å². The predicted octanol–water partition coefficient (Wildman–Crippen LogP) is 1.79. The molecule has 2 saturated carbocycles. The molecule has 2 aliphatic rings. The topological polar surface area (TPSA) is 66.4 Å². The van der Waals surface area contributed by atoms with Crippen LogP contribution in [0.3, 0.4) is 0 Å². The Labute approximate surface area is 102 Å². The number of hydrogen-bond donors (Lipinski definition) is 2. The second-order valence-corrected chi connectivity index (χ2v) is 5.42. The fourth-order valence-electron chi connectivity index (χ4n) is 2.78. The zero-order valence-corrected chi connectivity index (χ0v) is 10.3. The molecular formula is C13H21NO3. The van der Waals surface area contributed by atoms with E-state index in [1.54, 1.807) is 0 Å². The highest BCUT2D eigenvalue weighted by atomic mass is 16.4. The Bertz CT molecular complexity index is 308. The van der Waals surface area contributed by atoms with Gasteiger partial charge in [0, 0.05) is 6.04 Å². The minimum atomic E-state index is -0.833. The van der Waals surface area contributed by atoms with Crippen LogP contribution >= 0.6 is 0 Å². The standard InChI is InChI=1S/C13H21NO3/c1-2-8-3-5-9(6-4-8)14-12(15)10-7-11(10)13(16)17/h8-11H,2-7H2,1H3,(H,14,15)(H,16,17). The molecule has 0 saturated heterocycles. The number of aliphatic carboxylic acids is 1. The highest BCUT2D eigenvalue weighted by molar-refractivity contribution is 5.89. The van der Waals surface area contributed by atoms with Crippen molar-refractivity contribution >= 4 is 11.9 Å². The number of carbonyl (C=O) groups is 2. The fourth-order valence-corrected chi connectivity index (χ4v) is 2.78. The first-order chi connectivity index (χ1) is 8.11. The van der Waals surface area contributed by atoms with E-state index in [4.69, 9.17) is 5.11 Å². The number of nitrogens with one attached hydrogen (secondary N) is 1. The fraction of sp³-hybridized carbons (Fsp3) is 0.846. The molecule has 0 radical (unpaired) electrons. The number of hydrogen-bond acceptors (Lipinski definition) is 2. The van der Waals surface area contributed by atoms with Crippen LogP contribution < -0.4 is 5.32 Å². The van der Waals surface area contributed by atoms with Gasteiger partial charge in [-0.2, -0.15) is 0 Å². The molecule has 2 atom stereocenters. The minimum Gasteiger partial charge on any atom is -0.481 e. The van der Waals surface area contributed by atoms with Gasteiger partial charge in [0.1, 0.15) is 0 Å². The quantitative estimate of drug-likeness (QED) is 0.786. The molecule has 2 N–H and O–H groups in total. The lowest BCUT2D eigenvalue weighted by Crippen LogP contribution is -2.38. The lowest BCUT2D eigenvalue weighted by molar-refractivity contribution is -0.140. The van der Waals surface area contributed by atoms with Crippen molar-refractivity contribution in [1.29, 1.82) is 0 Å². The van der Waals surface area contributed by atoms with Gasteiger partial charge in [-0.1, -0.05) is 13.3 Å². The van der Waals surface area contributed by atoms with Gasteiger partial charge in [0.15, 0.2) is 0 Å². The molecule has 1 amide bonds. The summed E-state index contributed by atoms with van der Waals surface area (Å²) < 4.78 is 0. The van der Waals surface area contributed by atoms with Crippen molar-refractivity contribution in [3.63, 3.8) is 0 Å². The molecule has 0 aromatic carbocycles. The number of rotatable bonds is 4. The van der Waals surface area contributed by atoms with Crippen molar-refractivity contribution in [2.45, 2.75) is 51.5 Å². The van der Waals surface area contributed by atoms with Gasteiger partial charge in [-0.15, -0.1) is 0 Å². The summed E-state index contributed by atoms with van der Waals surface area (Å²) in [6.45, 7) is 2.21. The summed E-state index contributed by atoms with van der Waals surface area (Å²) in [5, 5.41) is 11.8. The van der Waals surface area contributed by atoms with E-state index in [9.17, 15) is 9.59 Å². The number of amides is 1. The molecule has 0 aromatic rings. The number of carbonyl (C=O) groups excluding carboxylic acids is 1. The molecule has 0 heterocycles. The third-order valence-electron chi connectivity index (χ3n) is 4.21. The number of carboxylic acid groups (broad SMARTS) is 1. The van der Waals surface area contributed by atoms with Crippen LogP contribution in [0.4, 0.5) is 0 Å². The Morgan fingerprint density at radius 2 is 1.82 bits per heavy atom. The van der Waals surface area contributed by atoms with Gasteiger partial charge in [0.2, 0.25) is 5.91 Å². The third kappa shape index (κ3) is 2.99. The van der Waals surface area contributed by atoms with Crippen LogP contribution in [-0.4, -0.2) is 23.0 Å². The van der Waals surface area contributed by atoms with Gasteiger partial charge in [-0.25, -0.2) is 0 Å². The molecule has 2 rings (SSSR count). The van der Waals surface area contributed by atoms with Crippen LogP contribution in [0.25, 0.3) is 0 Å². The summed E-state index contributed by atoms with van der Waals surface area (Å²) in [5.41, 5.74) is 0. The van der Waals surface area contributed by atoms with Crippen LogP contribution in [0.5, 0.6) is 0 Å². The molecule has 4 nitrogen and oxygen atoms in total. The molecule has 0 spiro atoms. The summed E-state index contributed by atoms with van der Waals surface area (Å²) in [6, 6.07) is 0.278. The summed E-state index contributed by atoms with van der Waals surface area (Å²) >= 11 is 0. The van der Waals surface area contributed by atoms with Crippen molar-refractivity contribution in [3.05, 3.63) is 0 Å². The largest absolute Gasteiger partial charge is 0.481 e. The van der Waals surface area contributed by atoms with E-state index in [1.807, 2.05) is 0 Å². The first-order valence-corrected chi connectivity index (χ1v) is 6.65. The lowest BCUT2D eigenvalue weighted by atomic mass is 9.84. The van der Waals surface area contributed by atoms with Crippen LogP contribution in [-0.2, 0) is 9.59 Å². The van der Waals surface area contributed by atoms with Crippen molar-refractivity contribution in [3.8, 4) is 0 Å². The minimum absolute atomic E-state index is 0.0441. The average Bonchev–Trinajstić information content (AvgIpc) is 3.10. The Morgan fingerprint density at radius 1 is 1.18 bits per heavy atom. The highest BCUT2D eigenvalue weighted by Gasteiger charge is 2.48. The maximum absolute atomic E-state index is 11.8. The normalized spacial score (nSPS) is 36.3. The molecule has 96 valence electrons. The summed E-state index contributed by atoms with van der Waals surface area (Å²) in [5.74, 6) is -0.758. The van der Waals surface area contributed by atoms with E-state index in [0.717, 1.165) is 18.8 Å². The van der Waals surface area contributed by atoms with Gasteiger partial charge < -0.3 is 10.4 Å². The molecule has 2 fully saturated rings. The molecule has 17 heavy (non-hydrogen) atoms. The third-order valence-corrected chi connectivity index (χ3v) is 4.21. The van der Waals surface area contributed by atoms with Crippen molar-refractivity contribution in [1.82, 2.24) is 5.32 Å². The van der Waals surface area contributed by atoms with Crippen molar-refractivity contribution < 1.29 is 14.7 Å². The molecule has 0 aliphatic heterocycles. The Hall–Kier alpha value is -1.06.